The Hall–Kier alpha value is -4.41. The van der Waals surface area contributed by atoms with Crippen LogP contribution in [-0.4, -0.2) is 16.9 Å². The maximum Gasteiger partial charge on any atom is 0.323 e. The number of halogens is 1. The Kier molecular flexibility index (Phi) is 6.20. The Morgan fingerprint density at radius 3 is 2.42 bits per heavy atom. The van der Waals surface area contributed by atoms with Crippen molar-refractivity contribution >= 4 is 51.5 Å². The van der Waals surface area contributed by atoms with Crippen molar-refractivity contribution < 1.29 is 9.59 Å². The predicted octanol–water partition coefficient (Wildman–Crippen LogP) is 5.96. The van der Waals surface area contributed by atoms with Gasteiger partial charge in [0.25, 0.3) is 5.91 Å². The molecule has 8 heteroatoms. The molecule has 33 heavy (non-hydrogen) atoms. The molecule has 0 bridgehead atoms. The largest absolute Gasteiger partial charge is 0.323 e. The second-order valence-electron chi connectivity index (χ2n) is 7.25. The number of aromatic nitrogens is 1. The lowest BCUT2D eigenvalue weighted by Crippen LogP contribution is -2.19. The van der Waals surface area contributed by atoms with Crippen LogP contribution >= 0.6 is 11.6 Å². The maximum atomic E-state index is 12.8. The molecule has 1 aromatic heterocycles. The topological polar surface area (TPSA) is 107 Å². The number of rotatable bonds is 4. The molecule has 0 aliphatic rings. The Morgan fingerprint density at radius 1 is 0.909 bits per heavy atom. The first kappa shape index (κ1) is 21.8. The van der Waals surface area contributed by atoms with Crippen LogP contribution in [0.5, 0.6) is 0 Å². The number of carbonyl (C=O) groups is 2. The minimum Gasteiger partial charge on any atom is -0.321 e. The number of carbonyl (C=O) groups excluding carboxylic acids is 2. The van der Waals surface area contributed by atoms with Crippen molar-refractivity contribution in [3.05, 3.63) is 94.6 Å². The molecule has 0 atom stereocenters. The van der Waals surface area contributed by atoms with Crippen molar-refractivity contribution in [2.24, 2.45) is 0 Å². The van der Waals surface area contributed by atoms with E-state index in [1.807, 2.05) is 13.0 Å². The smallest absolute Gasteiger partial charge is 0.321 e. The number of fused-ring (bicyclic) bond motifs is 1. The summed E-state index contributed by atoms with van der Waals surface area (Å²) < 4.78 is 0. The summed E-state index contributed by atoms with van der Waals surface area (Å²) in [5.41, 5.74) is 3.75. The normalized spacial score (nSPS) is 10.3. The number of hydrogen-bond donors (Lipinski definition) is 3. The third-order valence-electron chi connectivity index (χ3n) is 4.81. The van der Waals surface area contributed by atoms with Gasteiger partial charge in [0.1, 0.15) is 0 Å². The summed E-state index contributed by atoms with van der Waals surface area (Å²) >= 11 is 6.16. The molecule has 0 unspecified atom stereocenters. The molecular weight excluding hydrogens is 438 g/mol. The number of nitriles is 1. The van der Waals surface area contributed by atoms with Gasteiger partial charge in [-0.3, -0.25) is 9.78 Å². The standard InChI is InChI=1S/C25H18ClN5O2/c1-15-11-23(31-24(32)19-7-2-3-8-21(19)26)20-13-18(9-10-22(20)28-15)30-25(33)29-17-6-4-5-16(12-17)14-27/h2-13H,1H3,(H,28,31,32)(H2,29,30,33). The van der Waals surface area contributed by atoms with Crippen molar-refractivity contribution in [3.63, 3.8) is 0 Å². The Balaban J connectivity index is 1.59. The summed E-state index contributed by atoms with van der Waals surface area (Å²) in [5.74, 6) is -0.346. The van der Waals surface area contributed by atoms with Gasteiger partial charge in [-0.1, -0.05) is 29.8 Å². The van der Waals surface area contributed by atoms with Crippen molar-refractivity contribution in [3.8, 4) is 6.07 Å². The first-order valence-electron chi connectivity index (χ1n) is 9.98. The molecule has 0 saturated carbocycles. The van der Waals surface area contributed by atoms with Gasteiger partial charge in [-0.2, -0.15) is 5.26 Å². The highest BCUT2D eigenvalue weighted by Crippen LogP contribution is 2.28. The summed E-state index contributed by atoms with van der Waals surface area (Å²) in [4.78, 5) is 29.7. The first-order valence-corrected chi connectivity index (χ1v) is 10.4. The van der Waals surface area contributed by atoms with Gasteiger partial charge in [-0.15, -0.1) is 0 Å². The van der Waals surface area contributed by atoms with E-state index < -0.39 is 6.03 Å². The highest BCUT2D eigenvalue weighted by Gasteiger charge is 2.13. The first-order chi connectivity index (χ1) is 15.9. The van der Waals surface area contributed by atoms with Crippen molar-refractivity contribution in [1.29, 1.82) is 5.26 Å². The molecule has 0 fully saturated rings. The van der Waals surface area contributed by atoms with Crippen LogP contribution in [0.3, 0.4) is 0 Å². The lowest BCUT2D eigenvalue weighted by atomic mass is 10.1. The number of amides is 3. The van der Waals surface area contributed by atoms with Crippen molar-refractivity contribution in [1.82, 2.24) is 4.98 Å². The molecule has 4 rings (SSSR count). The predicted molar refractivity (Wildman–Crippen MR) is 130 cm³/mol. The van der Waals surface area contributed by atoms with Gasteiger partial charge >= 0.3 is 6.03 Å². The fraction of sp³-hybridized carbons (Fsp3) is 0.0400. The molecule has 0 aliphatic carbocycles. The molecule has 3 aromatic carbocycles. The van der Waals surface area contributed by atoms with Gasteiger partial charge < -0.3 is 16.0 Å². The molecule has 7 nitrogen and oxygen atoms in total. The number of aryl methyl sites for hydroxylation is 1. The van der Waals surface area contributed by atoms with Crippen LogP contribution in [-0.2, 0) is 0 Å². The van der Waals surface area contributed by atoms with Crippen LogP contribution in [0.2, 0.25) is 5.02 Å². The van der Waals surface area contributed by atoms with Crippen LogP contribution in [0.25, 0.3) is 10.9 Å². The van der Waals surface area contributed by atoms with Gasteiger partial charge in [-0.25, -0.2) is 4.79 Å². The average molecular weight is 456 g/mol. The van der Waals surface area contributed by atoms with Crippen LogP contribution in [0.15, 0.2) is 72.8 Å². The summed E-state index contributed by atoms with van der Waals surface area (Å²) in [5, 5.41) is 18.4. The molecule has 3 N–H and O–H groups in total. The van der Waals surface area contributed by atoms with E-state index in [0.717, 1.165) is 5.69 Å². The molecule has 0 aliphatic heterocycles. The second-order valence-corrected chi connectivity index (χ2v) is 7.66. The van der Waals surface area contributed by atoms with E-state index in [0.29, 0.717) is 44.1 Å². The van der Waals surface area contributed by atoms with E-state index in [1.54, 1.807) is 72.8 Å². The zero-order valence-corrected chi connectivity index (χ0v) is 18.3. The van der Waals surface area contributed by atoms with Crippen molar-refractivity contribution in [2.75, 3.05) is 16.0 Å². The molecule has 0 saturated heterocycles. The molecule has 1 heterocycles. The number of nitrogens with zero attached hydrogens (tertiary/aromatic N) is 2. The summed E-state index contributed by atoms with van der Waals surface area (Å²) in [6.07, 6.45) is 0. The number of urea groups is 1. The van der Waals surface area contributed by atoms with Gasteiger partial charge in [0.05, 0.1) is 33.4 Å². The third-order valence-corrected chi connectivity index (χ3v) is 5.14. The molecule has 162 valence electrons. The molecule has 3 amide bonds. The van der Waals surface area contributed by atoms with Gasteiger partial charge in [-0.05, 0) is 61.5 Å². The third kappa shape index (κ3) is 5.09. The summed E-state index contributed by atoms with van der Waals surface area (Å²) in [7, 11) is 0. The minimum atomic E-state index is -0.467. The maximum absolute atomic E-state index is 12.8. The zero-order valence-electron chi connectivity index (χ0n) is 17.5. The van der Waals surface area contributed by atoms with Gasteiger partial charge in [0.15, 0.2) is 0 Å². The minimum absolute atomic E-state index is 0.346. The average Bonchev–Trinajstić information content (AvgIpc) is 2.79. The highest BCUT2D eigenvalue weighted by atomic mass is 35.5. The number of nitrogens with one attached hydrogen (secondary N) is 3. The van der Waals surface area contributed by atoms with E-state index >= 15 is 0 Å². The molecule has 4 aromatic rings. The second kappa shape index (κ2) is 9.39. The zero-order chi connectivity index (χ0) is 23.4. The SMILES string of the molecule is Cc1cc(NC(=O)c2ccccc2Cl)c2cc(NC(=O)Nc3cccc(C#N)c3)ccc2n1. The van der Waals surface area contributed by atoms with E-state index in [2.05, 4.69) is 20.9 Å². The molecule has 0 radical (unpaired) electrons. The summed E-state index contributed by atoms with van der Waals surface area (Å²) in [6.45, 7) is 1.83. The fourth-order valence-electron chi connectivity index (χ4n) is 3.33. The van der Waals surface area contributed by atoms with Gasteiger partial charge in [0.2, 0.25) is 0 Å². The highest BCUT2D eigenvalue weighted by molar-refractivity contribution is 6.34. The van der Waals surface area contributed by atoms with E-state index in [1.165, 1.54) is 0 Å². The Bertz CT molecular complexity index is 1430. The Labute approximate surface area is 195 Å². The number of benzene rings is 3. The lowest BCUT2D eigenvalue weighted by Gasteiger charge is -2.13. The van der Waals surface area contributed by atoms with Crippen LogP contribution in [0.4, 0.5) is 21.9 Å². The van der Waals surface area contributed by atoms with Crippen molar-refractivity contribution in [2.45, 2.75) is 6.92 Å². The molecular formula is C25H18ClN5O2. The van der Waals surface area contributed by atoms with Crippen LogP contribution < -0.4 is 16.0 Å². The quantitative estimate of drug-likeness (QED) is 0.352. The monoisotopic (exact) mass is 455 g/mol. The van der Waals surface area contributed by atoms with E-state index in [-0.39, 0.29) is 5.91 Å². The number of anilines is 3. The van der Waals surface area contributed by atoms with Crippen LogP contribution in [0.1, 0.15) is 21.6 Å². The lowest BCUT2D eigenvalue weighted by molar-refractivity contribution is 0.102. The Morgan fingerprint density at radius 2 is 1.67 bits per heavy atom. The number of hydrogen-bond acceptors (Lipinski definition) is 4. The number of pyridine rings is 1. The molecule has 0 spiro atoms. The summed E-state index contributed by atoms with van der Waals surface area (Å²) in [6, 6.07) is 21.9. The van der Waals surface area contributed by atoms with E-state index in [9.17, 15) is 9.59 Å². The van der Waals surface area contributed by atoms with Gasteiger partial charge in [0, 0.05) is 22.5 Å². The fourth-order valence-corrected chi connectivity index (χ4v) is 3.56. The van der Waals surface area contributed by atoms with E-state index in [4.69, 9.17) is 16.9 Å². The van der Waals surface area contributed by atoms with Crippen LogP contribution in [0, 0.1) is 18.3 Å².